The number of ether oxygens (including phenoxy) is 1. The summed E-state index contributed by atoms with van der Waals surface area (Å²) in [5.41, 5.74) is 0.465. The van der Waals surface area contributed by atoms with E-state index in [-0.39, 0.29) is 11.9 Å². The van der Waals surface area contributed by atoms with Crippen LogP contribution < -0.4 is 5.32 Å². The highest BCUT2D eigenvalue weighted by Crippen LogP contribution is 2.17. The highest BCUT2D eigenvalue weighted by molar-refractivity contribution is 14.1. The van der Waals surface area contributed by atoms with Crippen LogP contribution in [0.15, 0.2) is 24.3 Å². The van der Waals surface area contributed by atoms with Crippen molar-refractivity contribution in [2.75, 3.05) is 0 Å². The van der Waals surface area contributed by atoms with Crippen LogP contribution in [0.3, 0.4) is 0 Å². The molecule has 0 radical (unpaired) electrons. The lowest BCUT2D eigenvalue weighted by Gasteiger charge is -2.24. The standard InChI is InChI=1S/C16H20INO3/c1-11(15(19)18-14-5-3-2-4-6-14)21-16(20)12-7-9-13(17)10-8-12/h7-11,14H,2-6H2,1H3,(H,18,19). The van der Waals surface area contributed by atoms with Crippen molar-refractivity contribution in [2.45, 2.75) is 51.2 Å². The summed E-state index contributed by atoms with van der Waals surface area (Å²) in [4.78, 5) is 24.0. The molecule has 1 aromatic rings. The minimum atomic E-state index is -0.765. The molecule has 1 aliphatic rings. The van der Waals surface area contributed by atoms with Crippen LogP contribution in [0.25, 0.3) is 0 Å². The number of carbonyl (C=O) groups excluding carboxylic acids is 2. The van der Waals surface area contributed by atoms with Crippen molar-refractivity contribution in [3.8, 4) is 0 Å². The highest BCUT2D eigenvalue weighted by Gasteiger charge is 2.22. The second-order valence-corrected chi connectivity index (χ2v) is 6.64. The van der Waals surface area contributed by atoms with Gasteiger partial charge in [0, 0.05) is 9.61 Å². The van der Waals surface area contributed by atoms with Crippen molar-refractivity contribution in [1.82, 2.24) is 5.32 Å². The molecular formula is C16H20INO3. The van der Waals surface area contributed by atoms with Crippen molar-refractivity contribution in [3.63, 3.8) is 0 Å². The van der Waals surface area contributed by atoms with E-state index in [1.54, 1.807) is 19.1 Å². The average molecular weight is 401 g/mol. The summed E-state index contributed by atoms with van der Waals surface area (Å²) in [6, 6.07) is 7.31. The van der Waals surface area contributed by atoms with Crippen LogP contribution in [0.5, 0.6) is 0 Å². The van der Waals surface area contributed by atoms with E-state index in [1.165, 1.54) is 6.42 Å². The Morgan fingerprint density at radius 1 is 1.19 bits per heavy atom. The number of esters is 1. The Balaban J connectivity index is 1.84. The van der Waals surface area contributed by atoms with Gasteiger partial charge in [0.1, 0.15) is 0 Å². The Kier molecular flexibility index (Phi) is 6.02. The molecule has 1 aliphatic carbocycles. The molecule has 0 aromatic heterocycles. The molecule has 1 N–H and O–H groups in total. The molecule has 0 saturated heterocycles. The maximum absolute atomic E-state index is 12.0. The van der Waals surface area contributed by atoms with Gasteiger partial charge in [-0.15, -0.1) is 0 Å². The van der Waals surface area contributed by atoms with Gasteiger partial charge in [-0.25, -0.2) is 4.79 Å². The summed E-state index contributed by atoms with van der Waals surface area (Å²) < 4.78 is 6.27. The first-order valence-electron chi connectivity index (χ1n) is 7.33. The Morgan fingerprint density at radius 2 is 1.81 bits per heavy atom. The van der Waals surface area contributed by atoms with E-state index in [0.29, 0.717) is 5.56 Å². The number of amides is 1. The number of halogens is 1. The minimum absolute atomic E-state index is 0.208. The molecule has 2 rings (SSSR count). The van der Waals surface area contributed by atoms with E-state index in [0.717, 1.165) is 29.3 Å². The molecule has 0 heterocycles. The molecule has 1 amide bonds. The van der Waals surface area contributed by atoms with Gasteiger partial charge in [-0.1, -0.05) is 19.3 Å². The molecule has 0 aliphatic heterocycles. The zero-order valence-corrected chi connectivity index (χ0v) is 14.3. The van der Waals surface area contributed by atoms with Crippen LogP contribution in [0.4, 0.5) is 0 Å². The first-order valence-corrected chi connectivity index (χ1v) is 8.41. The van der Waals surface area contributed by atoms with Crippen molar-refractivity contribution in [2.24, 2.45) is 0 Å². The van der Waals surface area contributed by atoms with Crippen LogP contribution in [-0.2, 0) is 9.53 Å². The molecule has 1 saturated carbocycles. The molecule has 1 unspecified atom stereocenters. The molecule has 0 spiro atoms. The van der Waals surface area contributed by atoms with E-state index in [1.807, 2.05) is 12.1 Å². The van der Waals surface area contributed by atoms with E-state index < -0.39 is 12.1 Å². The van der Waals surface area contributed by atoms with Crippen molar-refractivity contribution in [1.29, 1.82) is 0 Å². The Hall–Kier alpha value is -1.11. The predicted octanol–water partition coefficient (Wildman–Crippen LogP) is 3.29. The maximum Gasteiger partial charge on any atom is 0.338 e. The summed E-state index contributed by atoms with van der Waals surface area (Å²) in [5.74, 6) is -0.668. The van der Waals surface area contributed by atoms with Gasteiger partial charge in [0.2, 0.25) is 0 Å². The quantitative estimate of drug-likeness (QED) is 0.623. The highest BCUT2D eigenvalue weighted by atomic mass is 127. The number of benzene rings is 1. The van der Waals surface area contributed by atoms with Crippen molar-refractivity contribution < 1.29 is 14.3 Å². The average Bonchev–Trinajstić information content (AvgIpc) is 2.48. The van der Waals surface area contributed by atoms with Crippen LogP contribution >= 0.6 is 22.6 Å². The van der Waals surface area contributed by atoms with E-state index >= 15 is 0 Å². The first-order chi connectivity index (χ1) is 10.1. The lowest BCUT2D eigenvalue weighted by atomic mass is 9.95. The fourth-order valence-electron chi connectivity index (χ4n) is 2.43. The van der Waals surface area contributed by atoms with Crippen LogP contribution in [-0.4, -0.2) is 24.0 Å². The number of hydrogen-bond donors (Lipinski definition) is 1. The van der Waals surface area contributed by atoms with Gasteiger partial charge in [-0.05, 0) is 66.6 Å². The van der Waals surface area contributed by atoms with Crippen LogP contribution in [0, 0.1) is 3.57 Å². The Morgan fingerprint density at radius 3 is 2.43 bits per heavy atom. The summed E-state index contributed by atoms with van der Waals surface area (Å²) in [7, 11) is 0. The molecular weight excluding hydrogens is 381 g/mol. The van der Waals surface area contributed by atoms with Crippen LogP contribution in [0.2, 0.25) is 0 Å². The van der Waals surface area contributed by atoms with Gasteiger partial charge in [0.25, 0.3) is 5.91 Å². The molecule has 21 heavy (non-hydrogen) atoms. The number of hydrogen-bond acceptors (Lipinski definition) is 3. The molecule has 1 fully saturated rings. The van der Waals surface area contributed by atoms with Gasteiger partial charge >= 0.3 is 5.97 Å². The van der Waals surface area contributed by atoms with Gasteiger partial charge in [-0.2, -0.15) is 0 Å². The van der Waals surface area contributed by atoms with Gasteiger partial charge in [0.05, 0.1) is 5.56 Å². The normalized spacial score (nSPS) is 17.0. The Labute approximate surface area is 138 Å². The van der Waals surface area contributed by atoms with Crippen molar-refractivity contribution >= 4 is 34.5 Å². The SMILES string of the molecule is CC(OC(=O)c1ccc(I)cc1)C(=O)NC1CCCCC1. The lowest BCUT2D eigenvalue weighted by Crippen LogP contribution is -2.42. The third kappa shape index (κ3) is 4.98. The zero-order chi connectivity index (χ0) is 15.2. The summed E-state index contributed by atoms with van der Waals surface area (Å²) in [5, 5.41) is 2.97. The number of carbonyl (C=O) groups is 2. The second-order valence-electron chi connectivity index (χ2n) is 5.40. The fraction of sp³-hybridized carbons (Fsp3) is 0.500. The molecule has 114 valence electrons. The summed E-state index contributed by atoms with van der Waals surface area (Å²) >= 11 is 2.17. The third-order valence-electron chi connectivity index (χ3n) is 3.68. The van der Waals surface area contributed by atoms with Gasteiger partial charge < -0.3 is 10.1 Å². The van der Waals surface area contributed by atoms with Gasteiger partial charge in [0.15, 0.2) is 6.10 Å². The topological polar surface area (TPSA) is 55.4 Å². The number of rotatable bonds is 4. The summed E-state index contributed by atoms with van der Waals surface area (Å²) in [6.07, 6.45) is 4.82. The van der Waals surface area contributed by atoms with E-state index in [4.69, 9.17) is 4.74 Å². The zero-order valence-electron chi connectivity index (χ0n) is 12.1. The first kappa shape index (κ1) is 16.3. The van der Waals surface area contributed by atoms with Gasteiger partial charge in [-0.3, -0.25) is 4.79 Å². The largest absolute Gasteiger partial charge is 0.449 e. The van der Waals surface area contributed by atoms with Crippen LogP contribution in [0.1, 0.15) is 49.4 Å². The fourth-order valence-corrected chi connectivity index (χ4v) is 2.79. The second kappa shape index (κ2) is 7.77. The smallest absolute Gasteiger partial charge is 0.338 e. The van der Waals surface area contributed by atoms with E-state index in [9.17, 15) is 9.59 Å². The lowest BCUT2D eigenvalue weighted by molar-refractivity contribution is -0.130. The van der Waals surface area contributed by atoms with E-state index in [2.05, 4.69) is 27.9 Å². The molecule has 4 nitrogen and oxygen atoms in total. The number of nitrogens with one attached hydrogen (secondary N) is 1. The molecule has 5 heteroatoms. The monoisotopic (exact) mass is 401 g/mol. The Bertz CT molecular complexity index is 495. The molecule has 1 atom stereocenters. The minimum Gasteiger partial charge on any atom is -0.449 e. The predicted molar refractivity (Wildman–Crippen MR) is 89.1 cm³/mol. The van der Waals surface area contributed by atoms with Crippen molar-refractivity contribution in [3.05, 3.63) is 33.4 Å². The summed E-state index contributed by atoms with van der Waals surface area (Å²) in [6.45, 7) is 1.61. The maximum atomic E-state index is 12.0. The molecule has 0 bridgehead atoms. The third-order valence-corrected chi connectivity index (χ3v) is 4.40. The molecule has 1 aromatic carbocycles.